The summed E-state index contributed by atoms with van der Waals surface area (Å²) in [4.78, 5) is 46.8. The third-order valence-electron chi connectivity index (χ3n) is 8.48. The summed E-state index contributed by atoms with van der Waals surface area (Å²) >= 11 is 0. The highest BCUT2D eigenvalue weighted by atomic mass is 16.7. The number of ether oxygens (including phenoxy) is 2. The minimum Gasteiger partial charge on any atom is -0.481 e. The van der Waals surface area contributed by atoms with Crippen LogP contribution in [0.3, 0.4) is 0 Å². The number of aliphatic carboxylic acids is 1. The molecular weight excluding hydrogens is 512 g/mol. The van der Waals surface area contributed by atoms with Crippen LogP contribution in [0.2, 0.25) is 0 Å². The van der Waals surface area contributed by atoms with Gasteiger partial charge in [-0.15, -0.1) is 0 Å². The molecule has 0 radical (unpaired) electrons. The Morgan fingerprint density at radius 3 is 2.52 bits per heavy atom. The van der Waals surface area contributed by atoms with Crippen molar-refractivity contribution in [3.63, 3.8) is 0 Å². The van der Waals surface area contributed by atoms with Crippen molar-refractivity contribution < 1.29 is 29.0 Å². The quantitative estimate of drug-likeness (QED) is 0.328. The first-order valence-electron chi connectivity index (χ1n) is 14.8. The molecular formula is C30H46N4O6. The molecule has 0 saturated carbocycles. The molecule has 1 N–H and O–H groups in total. The molecule has 1 aromatic carbocycles. The Hall–Kier alpha value is -2.85. The van der Waals surface area contributed by atoms with E-state index in [1.807, 2.05) is 28.0 Å². The molecule has 0 spiro atoms. The lowest BCUT2D eigenvalue weighted by atomic mass is 9.84. The van der Waals surface area contributed by atoms with Gasteiger partial charge in [0.1, 0.15) is 0 Å². The number of carbonyl (C=O) groups is 3. The van der Waals surface area contributed by atoms with E-state index in [2.05, 4.69) is 30.8 Å². The van der Waals surface area contributed by atoms with E-state index in [9.17, 15) is 19.5 Å². The number of fused-ring (bicyclic) bond motifs is 1. The number of unbranched alkanes of at least 4 members (excludes halogenated alkanes) is 2. The summed E-state index contributed by atoms with van der Waals surface area (Å²) in [5.74, 6) is -0.413. The highest BCUT2D eigenvalue weighted by molar-refractivity contribution is 5.79. The van der Waals surface area contributed by atoms with Crippen LogP contribution >= 0.6 is 0 Å². The van der Waals surface area contributed by atoms with Gasteiger partial charge in [-0.2, -0.15) is 0 Å². The topological polar surface area (TPSA) is 103 Å². The van der Waals surface area contributed by atoms with Gasteiger partial charge in [0.2, 0.25) is 18.6 Å². The maximum atomic E-state index is 13.7. The first kappa shape index (κ1) is 30.1. The van der Waals surface area contributed by atoms with Gasteiger partial charge in [-0.1, -0.05) is 19.4 Å². The van der Waals surface area contributed by atoms with Gasteiger partial charge < -0.3 is 29.3 Å². The SMILES string of the molecule is CCCCN(CCCCN(C)C)C(=O)CN1C[C@H](c2ccc3c(c2)OCO3)[C@@H](C(=O)O)[C@@H]1CCN1CCCC1=O. The smallest absolute Gasteiger partial charge is 0.308 e. The highest BCUT2D eigenvalue weighted by Crippen LogP contribution is 2.42. The van der Waals surface area contributed by atoms with E-state index in [4.69, 9.17) is 9.47 Å². The summed E-state index contributed by atoms with van der Waals surface area (Å²) < 4.78 is 11.0. The molecule has 1 aromatic rings. The van der Waals surface area contributed by atoms with Crippen LogP contribution < -0.4 is 9.47 Å². The molecule has 0 aliphatic carbocycles. The number of carboxylic acids is 1. The number of amides is 2. The van der Waals surface area contributed by atoms with E-state index in [1.54, 1.807) is 0 Å². The van der Waals surface area contributed by atoms with Crippen molar-refractivity contribution >= 4 is 17.8 Å². The molecule has 40 heavy (non-hydrogen) atoms. The minimum atomic E-state index is -0.873. The lowest BCUT2D eigenvalue weighted by Gasteiger charge is -2.31. The summed E-state index contributed by atoms with van der Waals surface area (Å²) in [5, 5.41) is 10.5. The number of rotatable bonds is 15. The zero-order chi connectivity index (χ0) is 28.6. The van der Waals surface area contributed by atoms with Crippen molar-refractivity contribution in [2.75, 3.05) is 66.7 Å². The fourth-order valence-electron chi connectivity index (χ4n) is 6.28. The summed E-state index contributed by atoms with van der Waals surface area (Å²) in [6.07, 6.45) is 5.82. The Kier molecular flexibility index (Phi) is 10.7. The third kappa shape index (κ3) is 7.46. The van der Waals surface area contributed by atoms with Gasteiger partial charge in [-0.25, -0.2) is 0 Å². The van der Waals surface area contributed by atoms with Crippen molar-refractivity contribution in [1.82, 2.24) is 19.6 Å². The molecule has 0 aromatic heterocycles. The minimum absolute atomic E-state index is 0.0519. The third-order valence-corrected chi connectivity index (χ3v) is 8.48. The number of benzene rings is 1. The Morgan fingerprint density at radius 1 is 1.07 bits per heavy atom. The van der Waals surface area contributed by atoms with E-state index in [0.717, 1.165) is 44.2 Å². The van der Waals surface area contributed by atoms with Crippen LogP contribution in [0.4, 0.5) is 0 Å². The molecule has 4 rings (SSSR count). The normalized spacial score (nSPS) is 22.4. The van der Waals surface area contributed by atoms with Gasteiger partial charge in [0.05, 0.1) is 12.5 Å². The zero-order valence-electron chi connectivity index (χ0n) is 24.3. The van der Waals surface area contributed by atoms with Crippen molar-refractivity contribution in [2.24, 2.45) is 5.92 Å². The van der Waals surface area contributed by atoms with E-state index in [-0.39, 0.29) is 37.1 Å². The second-order valence-electron chi connectivity index (χ2n) is 11.6. The van der Waals surface area contributed by atoms with Gasteiger partial charge in [-0.3, -0.25) is 19.3 Å². The van der Waals surface area contributed by atoms with Crippen LogP contribution in [0.25, 0.3) is 0 Å². The molecule has 2 amide bonds. The highest BCUT2D eigenvalue weighted by Gasteiger charge is 2.47. The van der Waals surface area contributed by atoms with Gasteiger partial charge >= 0.3 is 5.97 Å². The largest absolute Gasteiger partial charge is 0.481 e. The predicted molar refractivity (Wildman–Crippen MR) is 151 cm³/mol. The van der Waals surface area contributed by atoms with Crippen LogP contribution in [-0.2, 0) is 14.4 Å². The molecule has 0 unspecified atom stereocenters. The molecule has 2 fully saturated rings. The molecule has 3 heterocycles. The van der Waals surface area contributed by atoms with E-state index < -0.39 is 11.9 Å². The molecule has 222 valence electrons. The second-order valence-corrected chi connectivity index (χ2v) is 11.6. The van der Waals surface area contributed by atoms with Crippen molar-refractivity contribution in [1.29, 1.82) is 0 Å². The van der Waals surface area contributed by atoms with E-state index in [0.29, 0.717) is 57.1 Å². The van der Waals surface area contributed by atoms with E-state index in [1.165, 1.54) is 0 Å². The lowest BCUT2D eigenvalue weighted by molar-refractivity contribution is -0.144. The Morgan fingerprint density at radius 2 is 1.82 bits per heavy atom. The lowest BCUT2D eigenvalue weighted by Crippen LogP contribution is -2.45. The number of likely N-dealkylation sites (tertiary alicyclic amines) is 2. The van der Waals surface area contributed by atoms with Crippen LogP contribution in [0.15, 0.2) is 18.2 Å². The van der Waals surface area contributed by atoms with Crippen LogP contribution in [0.5, 0.6) is 11.5 Å². The molecule has 10 nitrogen and oxygen atoms in total. The van der Waals surface area contributed by atoms with E-state index >= 15 is 0 Å². The summed E-state index contributed by atoms with van der Waals surface area (Å²) in [6.45, 7) is 6.55. The van der Waals surface area contributed by atoms with Gasteiger partial charge in [0.25, 0.3) is 0 Å². The first-order valence-corrected chi connectivity index (χ1v) is 14.8. The first-order chi connectivity index (χ1) is 19.3. The van der Waals surface area contributed by atoms with Crippen molar-refractivity contribution in [3.8, 4) is 11.5 Å². The fraction of sp³-hybridized carbons (Fsp3) is 0.700. The molecule has 0 bridgehead atoms. The molecule has 3 aliphatic rings. The zero-order valence-corrected chi connectivity index (χ0v) is 24.3. The molecule has 2 saturated heterocycles. The number of hydrogen-bond donors (Lipinski definition) is 1. The number of carbonyl (C=O) groups excluding carboxylic acids is 2. The standard InChI is InChI=1S/C30H46N4O6/c1-4-5-14-32(15-7-6-13-31(2)3)28(36)20-34-19-23(22-10-11-25-26(18-22)40-21-39-25)29(30(37)38)24(34)12-17-33-16-8-9-27(33)35/h10-11,18,23-24,29H,4-9,12-17,19-21H2,1-3H3,(H,37,38)/t23-,24+,29-/m1/s1. The Balaban J connectivity index is 1.53. The van der Waals surface area contributed by atoms with Gasteiger partial charge in [-0.05, 0) is 70.4 Å². The summed E-state index contributed by atoms with van der Waals surface area (Å²) in [6, 6.07) is 5.28. The molecule has 10 heteroatoms. The predicted octanol–water partition coefficient (Wildman–Crippen LogP) is 2.87. The Labute approximate surface area is 238 Å². The van der Waals surface area contributed by atoms with Crippen LogP contribution in [0, 0.1) is 5.92 Å². The average Bonchev–Trinajstić information content (AvgIpc) is 3.64. The second kappa shape index (κ2) is 14.2. The number of carboxylic acid groups (broad SMARTS) is 1. The Bertz CT molecular complexity index is 1030. The van der Waals surface area contributed by atoms with Gasteiger partial charge in [0, 0.05) is 51.1 Å². The number of hydrogen-bond acceptors (Lipinski definition) is 7. The maximum Gasteiger partial charge on any atom is 0.308 e. The maximum absolute atomic E-state index is 13.7. The molecule has 3 atom stereocenters. The average molecular weight is 559 g/mol. The van der Waals surface area contributed by atoms with Gasteiger partial charge in [0.15, 0.2) is 11.5 Å². The van der Waals surface area contributed by atoms with Crippen molar-refractivity contribution in [2.45, 2.75) is 63.8 Å². The fourth-order valence-corrected chi connectivity index (χ4v) is 6.28. The van der Waals surface area contributed by atoms with Crippen LogP contribution in [0.1, 0.15) is 63.4 Å². The van der Waals surface area contributed by atoms with Crippen LogP contribution in [-0.4, -0.2) is 115 Å². The number of nitrogens with zero attached hydrogens (tertiary/aromatic N) is 4. The summed E-state index contributed by atoms with van der Waals surface area (Å²) in [5.41, 5.74) is 0.875. The van der Waals surface area contributed by atoms with Crippen molar-refractivity contribution in [3.05, 3.63) is 23.8 Å². The summed E-state index contributed by atoms with van der Waals surface area (Å²) in [7, 11) is 4.11. The molecule has 3 aliphatic heterocycles. The monoisotopic (exact) mass is 558 g/mol.